The molecule has 2 nitrogen and oxygen atoms in total. The van der Waals surface area contributed by atoms with Crippen molar-refractivity contribution in [3.63, 3.8) is 0 Å². The molecule has 1 atom stereocenters. The summed E-state index contributed by atoms with van der Waals surface area (Å²) in [6.45, 7) is 6.07. The highest BCUT2D eigenvalue weighted by atomic mass is 16.3. The highest BCUT2D eigenvalue weighted by molar-refractivity contribution is 4.76. The molecule has 0 saturated carbocycles. The molecule has 0 bridgehead atoms. The van der Waals surface area contributed by atoms with Crippen molar-refractivity contribution in [1.82, 2.24) is 0 Å². The fraction of sp³-hybridized carbons (Fsp3) is 1.00. The molecule has 0 aliphatic heterocycles. The highest BCUT2D eigenvalue weighted by Crippen LogP contribution is 2.23. The van der Waals surface area contributed by atoms with E-state index in [4.69, 9.17) is 5.11 Å². The minimum atomic E-state index is -0.367. The summed E-state index contributed by atoms with van der Waals surface area (Å²) in [5.74, 6) is 0. The van der Waals surface area contributed by atoms with Crippen molar-refractivity contribution in [3.05, 3.63) is 0 Å². The summed E-state index contributed by atoms with van der Waals surface area (Å²) in [5, 5.41) is 18.8. The first-order chi connectivity index (χ1) is 6.54. The SMILES string of the molecule is CCCCCCCC(O)C(C)(C)CO. The molecule has 0 aromatic rings. The van der Waals surface area contributed by atoms with E-state index >= 15 is 0 Å². The fourth-order valence-electron chi connectivity index (χ4n) is 1.44. The van der Waals surface area contributed by atoms with Crippen molar-refractivity contribution in [2.45, 2.75) is 65.4 Å². The molecule has 0 fully saturated rings. The Balaban J connectivity index is 3.48. The van der Waals surface area contributed by atoms with Gasteiger partial charge in [-0.05, 0) is 6.42 Å². The fourth-order valence-corrected chi connectivity index (χ4v) is 1.44. The van der Waals surface area contributed by atoms with Crippen LogP contribution in [0.25, 0.3) is 0 Å². The quantitative estimate of drug-likeness (QED) is 0.594. The van der Waals surface area contributed by atoms with Gasteiger partial charge in [-0.3, -0.25) is 0 Å². The first-order valence-corrected chi connectivity index (χ1v) is 5.83. The second-order valence-corrected chi connectivity index (χ2v) is 4.87. The summed E-state index contributed by atoms with van der Waals surface area (Å²) in [5.41, 5.74) is -0.343. The molecular weight excluding hydrogens is 176 g/mol. The Bertz CT molecular complexity index is 132. The molecule has 0 aliphatic rings. The first kappa shape index (κ1) is 13.9. The normalized spacial score (nSPS) is 14.4. The summed E-state index contributed by atoms with van der Waals surface area (Å²) in [6.07, 6.45) is 6.54. The van der Waals surface area contributed by atoms with E-state index in [1.165, 1.54) is 25.7 Å². The molecule has 0 rings (SSSR count). The van der Waals surface area contributed by atoms with Gasteiger partial charge in [0, 0.05) is 5.41 Å². The van der Waals surface area contributed by atoms with Crippen molar-refractivity contribution in [1.29, 1.82) is 0 Å². The standard InChI is InChI=1S/C12H26O2/c1-4-5-6-7-8-9-11(14)12(2,3)10-13/h11,13-14H,4-10H2,1-3H3. The zero-order valence-corrected chi connectivity index (χ0v) is 9.92. The molecule has 0 aliphatic carbocycles. The average molecular weight is 202 g/mol. The molecule has 0 aromatic heterocycles. The monoisotopic (exact) mass is 202 g/mol. The topological polar surface area (TPSA) is 40.5 Å². The molecule has 86 valence electrons. The van der Waals surface area contributed by atoms with Crippen molar-refractivity contribution in [2.24, 2.45) is 5.41 Å². The van der Waals surface area contributed by atoms with Gasteiger partial charge in [-0.2, -0.15) is 0 Å². The molecular formula is C12H26O2. The molecule has 1 unspecified atom stereocenters. The smallest absolute Gasteiger partial charge is 0.0613 e. The summed E-state index contributed by atoms with van der Waals surface area (Å²) in [6, 6.07) is 0. The van der Waals surface area contributed by atoms with Crippen LogP contribution >= 0.6 is 0 Å². The Kier molecular flexibility index (Phi) is 7.20. The number of aliphatic hydroxyl groups is 2. The molecule has 14 heavy (non-hydrogen) atoms. The number of hydrogen-bond donors (Lipinski definition) is 2. The van der Waals surface area contributed by atoms with Crippen LogP contribution in [0.3, 0.4) is 0 Å². The van der Waals surface area contributed by atoms with E-state index in [0.717, 1.165) is 12.8 Å². The van der Waals surface area contributed by atoms with Gasteiger partial charge in [-0.25, -0.2) is 0 Å². The van der Waals surface area contributed by atoms with Gasteiger partial charge < -0.3 is 10.2 Å². The summed E-state index contributed by atoms with van der Waals surface area (Å²) >= 11 is 0. The van der Waals surface area contributed by atoms with Gasteiger partial charge in [0.1, 0.15) is 0 Å². The molecule has 2 N–H and O–H groups in total. The predicted octanol–water partition coefficient (Wildman–Crippen LogP) is 2.73. The Morgan fingerprint density at radius 3 is 2.14 bits per heavy atom. The van der Waals surface area contributed by atoms with Crippen molar-refractivity contribution in [2.75, 3.05) is 6.61 Å². The highest BCUT2D eigenvalue weighted by Gasteiger charge is 2.26. The Hall–Kier alpha value is -0.0800. The van der Waals surface area contributed by atoms with Crippen molar-refractivity contribution < 1.29 is 10.2 Å². The van der Waals surface area contributed by atoms with Crippen LogP contribution < -0.4 is 0 Å². The largest absolute Gasteiger partial charge is 0.396 e. The van der Waals surface area contributed by atoms with E-state index in [2.05, 4.69) is 6.92 Å². The first-order valence-electron chi connectivity index (χ1n) is 5.83. The average Bonchev–Trinajstić information content (AvgIpc) is 2.17. The molecule has 0 aromatic carbocycles. The Morgan fingerprint density at radius 1 is 1.07 bits per heavy atom. The van der Waals surface area contributed by atoms with E-state index in [1.807, 2.05) is 13.8 Å². The van der Waals surface area contributed by atoms with Gasteiger partial charge in [-0.15, -0.1) is 0 Å². The molecule has 0 amide bonds. The Morgan fingerprint density at radius 2 is 1.64 bits per heavy atom. The van der Waals surface area contributed by atoms with Gasteiger partial charge in [-0.1, -0.05) is 52.9 Å². The van der Waals surface area contributed by atoms with Gasteiger partial charge in [0.2, 0.25) is 0 Å². The van der Waals surface area contributed by atoms with Crippen LogP contribution in [-0.2, 0) is 0 Å². The van der Waals surface area contributed by atoms with E-state index in [9.17, 15) is 5.11 Å². The maximum Gasteiger partial charge on any atom is 0.0613 e. The zero-order chi connectivity index (χ0) is 11.0. The van der Waals surface area contributed by atoms with Crippen LogP contribution in [-0.4, -0.2) is 22.9 Å². The van der Waals surface area contributed by atoms with E-state index in [-0.39, 0.29) is 18.1 Å². The molecule has 0 heterocycles. The molecule has 2 heteroatoms. The van der Waals surface area contributed by atoms with E-state index in [1.54, 1.807) is 0 Å². The third-order valence-corrected chi connectivity index (χ3v) is 2.89. The van der Waals surface area contributed by atoms with Gasteiger partial charge in [0.15, 0.2) is 0 Å². The lowest BCUT2D eigenvalue weighted by molar-refractivity contribution is 0.00143. The molecule has 0 saturated heterocycles. The van der Waals surface area contributed by atoms with Crippen molar-refractivity contribution >= 4 is 0 Å². The number of rotatable bonds is 8. The van der Waals surface area contributed by atoms with Crippen LogP contribution in [0.2, 0.25) is 0 Å². The maximum atomic E-state index is 9.77. The van der Waals surface area contributed by atoms with E-state index < -0.39 is 0 Å². The number of unbranched alkanes of at least 4 members (excludes halogenated alkanes) is 4. The Labute approximate surface area is 88.3 Å². The van der Waals surface area contributed by atoms with Crippen LogP contribution in [0.1, 0.15) is 59.3 Å². The van der Waals surface area contributed by atoms with Crippen molar-refractivity contribution in [3.8, 4) is 0 Å². The van der Waals surface area contributed by atoms with E-state index in [0.29, 0.717) is 0 Å². The maximum absolute atomic E-state index is 9.77. The minimum absolute atomic E-state index is 0.0587. The summed E-state index contributed by atoms with van der Waals surface area (Å²) in [4.78, 5) is 0. The molecule has 0 radical (unpaired) electrons. The van der Waals surface area contributed by atoms with Gasteiger partial charge in [0.25, 0.3) is 0 Å². The minimum Gasteiger partial charge on any atom is -0.396 e. The van der Waals surface area contributed by atoms with Crippen LogP contribution in [0.4, 0.5) is 0 Å². The van der Waals surface area contributed by atoms with Gasteiger partial charge in [0.05, 0.1) is 12.7 Å². The second kappa shape index (κ2) is 7.24. The number of aliphatic hydroxyl groups excluding tert-OH is 2. The lowest BCUT2D eigenvalue weighted by Gasteiger charge is -2.28. The molecule has 0 spiro atoms. The lowest BCUT2D eigenvalue weighted by Crippen LogP contribution is -2.32. The second-order valence-electron chi connectivity index (χ2n) is 4.87. The zero-order valence-electron chi connectivity index (χ0n) is 9.92. The number of hydrogen-bond acceptors (Lipinski definition) is 2. The van der Waals surface area contributed by atoms with Gasteiger partial charge >= 0.3 is 0 Å². The third-order valence-electron chi connectivity index (χ3n) is 2.89. The van der Waals surface area contributed by atoms with Crippen LogP contribution in [0.15, 0.2) is 0 Å². The summed E-state index contributed by atoms with van der Waals surface area (Å²) < 4.78 is 0. The van der Waals surface area contributed by atoms with Crippen LogP contribution in [0.5, 0.6) is 0 Å². The summed E-state index contributed by atoms with van der Waals surface area (Å²) in [7, 11) is 0. The third kappa shape index (κ3) is 5.61. The lowest BCUT2D eigenvalue weighted by atomic mass is 9.84. The van der Waals surface area contributed by atoms with Crippen LogP contribution in [0, 0.1) is 5.41 Å². The predicted molar refractivity (Wildman–Crippen MR) is 60.2 cm³/mol.